The van der Waals surface area contributed by atoms with Gasteiger partial charge in [-0.25, -0.2) is 4.79 Å². The average Bonchev–Trinajstić information content (AvgIpc) is 2.39. The molecule has 1 N–H and O–H groups in total. The van der Waals surface area contributed by atoms with Crippen LogP contribution >= 0.6 is 0 Å². The first-order chi connectivity index (χ1) is 8.19. The lowest BCUT2D eigenvalue weighted by molar-refractivity contribution is -0.133. The molecule has 0 spiro atoms. The molecule has 0 aliphatic heterocycles. The van der Waals surface area contributed by atoms with E-state index in [4.69, 9.17) is 0 Å². The van der Waals surface area contributed by atoms with Gasteiger partial charge in [0.1, 0.15) is 0 Å². The Balaban J connectivity index is 2.84. The number of hydrogen-bond acceptors (Lipinski definition) is 6. The molecular formula is C11H13N3O3. The first-order valence-corrected chi connectivity index (χ1v) is 5.04. The minimum Gasteiger partial charge on any atom is -0.464 e. The first-order valence-electron chi connectivity index (χ1n) is 5.04. The van der Waals surface area contributed by atoms with Gasteiger partial charge in [0.25, 0.3) is 0 Å². The fourth-order valence-electron chi connectivity index (χ4n) is 1.03. The van der Waals surface area contributed by atoms with Crippen LogP contribution in [0.4, 0.5) is 5.69 Å². The van der Waals surface area contributed by atoms with Crippen LogP contribution < -0.4 is 5.43 Å². The number of anilines is 1. The van der Waals surface area contributed by atoms with Crippen molar-refractivity contribution in [1.29, 1.82) is 0 Å². The minimum atomic E-state index is -0.751. The maximum Gasteiger partial charge on any atom is 0.362 e. The highest BCUT2D eigenvalue weighted by Gasteiger charge is 2.19. The summed E-state index contributed by atoms with van der Waals surface area (Å²) in [5.41, 5.74) is 2.99. The zero-order valence-electron chi connectivity index (χ0n) is 9.64. The van der Waals surface area contributed by atoms with Gasteiger partial charge < -0.3 is 4.74 Å². The van der Waals surface area contributed by atoms with Crippen LogP contribution in [0.15, 0.2) is 29.6 Å². The van der Waals surface area contributed by atoms with Crippen LogP contribution in [0.2, 0.25) is 0 Å². The predicted molar refractivity (Wildman–Crippen MR) is 62.6 cm³/mol. The number of aromatic nitrogens is 1. The molecule has 1 aromatic rings. The topological polar surface area (TPSA) is 80.7 Å². The van der Waals surface area contributed by atoms with Crippen molar-refractivity contribution in [3.63, 3.8) is 0 Å². The van der Waals surface area contributed by atoms with Crippen molar-refractivity contribution in [2.24, 2.45) is 5.10 Å². The molecule has 0 saturated heterocycles. The number of pyridine rings is 1. The number of ether oxygens (including phenoxy) is 1. The number of nitrogens with zero attached hydrogens (tertiary/aromatic N) is 2. The molecule has 0 unspecified atom stereocenters. The molecule has 0 saturated carbocycles. The number of esters is 1. The van der Waals surface area contributed by atoms with Crippen LogP contribution in [0.25, 0.3) is 0 Å². The summed E-state index contributed by atoms with van der Waals surface area (Å²) in [5.74, 6) is -1.13. The van der Waals surface area contributed by atoms with E-state index in [1.54, 1.807) is 31.5 Å². The molecule has 0 fully saturated rings. The van der Waals surface area contributed by atoms with Crippen LogP contribution in [0.3, 0.4) is 0 Å². The van der Waals surface area contributed by atoms with Crippen molar-refractivity contribution in [3.05, 3.63) is 24.5 Å². The lowest BCUT2D eigenvalue weighted by Crippen LogP contribution is -2.26. The number of Topliss-reactive ketones (excluding diaryl/α,β-unsaturated/α-hetero) is 1. The first kappa shape index (κ1) is 12.8. The number of carbonyl (C=O) groups excluding carboxylic acids is 2. The van der Waals surface area contributed by atoms with Crippen LogP contribution in [-0.2, 0) is 14.3 Å². The van der Waals surface area contributed by atoms with E-state index in [9.17, 15) is 9.59 Å². The molecule has 1 heterocycles. The van der Waals surface area contributed by atoms with Gasteiger partial charge >= 0.3 is 5.97 Å². The van der Waals surface area contributed by atoms with Crippen molar-refractivity contribution in [1.82, 2.24) is 4.98 Å². The molecule has 1 rings (SSSR count). The third-order valence-corrected chi connectivity index (χ3v) is 1.94. The molecule has 6 heteroatoms. The van der Waals surface area contributed by atoms with Gasteiger partial charge in [-0.05, 0) is 12.1 Å². The van der Waals surface area contributed by atoms with E-state index in [0.29, 0.717) is 5.69 Å². The summed E-state index contributed by atoms with van der Waals surface area (Å²) in [7, 11) is 1.20. The summed E-state index contributed by atoms with van der Waals surface area (Å²) >= 11 is 0. The Morgan fingerprint density at radius 3 is 2.59 bits per heavy atom. The highest BCUT2D eigenvalue weighted by molar-refractivity contribution is 6.64. The second kappa shape index (κ2) is 6.37. The second-order valence-corrected chi connectivity index (χ2v) is 3.08. The van der Waals surface area contributed by atoms with Crippen molar-refractivity contribution in [2.75, 3.05) is 12.5 Å². The Morgan fingerprint density at radius 2 is 2.06 bits per heavy atom. The van der Waals surface area contributed by atoms with Gasteiger partial charge in [0, 0.05) is 18.8 Å². The molecule has 0 aliphatic carbocycles. The van der Waals surface area contributed by atoms with Crippen LogP contribution in [0, 0.1) is 0 Å². The Labute approximate surface area is 98.7 Å². The van der Waals surface area contributed by atoms with E-state index in [2.05, 4.69) is 20.2 Å². The van der Waals surface area contributed by atoms with Crippen LogP contribution in [0.1, 0.15) is 13.3 Å². The molecule has 0 amide bonds. The third-order valence-electron chi connectivity index (χ3n) is 1.94. The minimum absolute atomic E-state index is 0.186. The number of nitrogens with one attached hydrogen (secondary N) is 1. The van der Waals surface area contributed by atoms with E-state index >= 15 is 0 Å². The smallest absolute Gasteiger partial charge is 0.362 e. The summed E-state index contributed by atoms with van der Waals surface area (Å²) < 4.78 is 4.48. The fraction of sp³-hybridized carbons (Fsp3) is 0.273. The van der Waals surface area contributed by atoms with E-state index in [0.717, 1.165) is 0 Å². The number of methoxy groups -OCH3 is 1. The molecular weight excluding hydrogens is 222 g/mol. The number of carbonyl (C=O) groups is 2. The Morgan fingerprint density at radius 1 is 1.41 bits per heavy atom. The maximum atomic E-state index is 11.4. The van der Waals surface area contributed by atoms with Crippen molar-refractivity contribution in [3.8, 4) is 0 Å². The standard InChI is InChI=1S/C11H13N3O3/c1-3-9(15)10(11(16)17-2)14-13-8-4-6-12-7-5-8/h4-7H,3H2,1-2H3,(H,12,13). The van der Waals surface area contributed by atoms with Gasteiger partial charge in [-0.3, -0.25) is 15.2 Å². The molecule has 6 nitrogen and oxygen atoms in total. The van der Waals surface area contributed by atoms with E-state index in [1.807, 2.05) is 0 Å². The lowest BCUT2D eigenvalue weighted by Gasteiger charge is -2.03. The lowest BCUT2D eigenvalue weighted by atomic mass is 10.2. The quantitative estimate of drug-likeness (QED) is 0.356. The SMILES string of the molecule is CCC(=O)C(=NNc1ccncc1)C(=O)OC. The average molecular weight is 235 g/mol. The second-order valence-electron chi connectivity index (χ2n) is 3.08. The Bertz CT molecular complexity index is 411. The molecule has 0 radical (unpaired) electrons. The summed E-state index contributed by atoms with van der Waals surface area (Å²) in [6, 6.07) is 3.32. The van der Waals surface area contributed by atoms with Crippen LogP contribution in [0.5, 0.6) is 0 Å². The normalized spacial score (nSPS) is 10.8. The van der Waals surface area contributed by atoms with Crippen molar-refractivity contribution >= 4 is 23.2 Å². The fourth-order valence-corrected chi connectivity index (χ4v) is 1.03. The molecule has 90 valence electrons. The van der Waals surface area contributed by atoms with Crippen LogP contribution in [-0.4, -0.2) is 29.6 Å². The largest absolute Gasteiger partial charge is 0.464 e. The van der Waals surface area contributed by atoms with Gasteiger partial charge in [-0.2, -0.15) is 5.10 Å². The molecule has 0 aromatic carbocycles. The summed E-state index contributed by atoms with van der Waals surface area (Å²) in [4.78, 5) is 26.6. The molecule has 1 aromatic heterocycles. The van der Waals surface area contributed by atoms with Gasteiger partial charge in [-0.15, -0.1) is 0 Å². The monoisotopic (exact) mass is 235 g/mol. The highest BCUT2D eigenvalue weighted by Crippen LogP contribution is 2.03. The molecule has 0 aliphatic rings. The third kappa shape index (κ3) is 3.67. The predicted octanol–water partition coefficient (Wildman–Crippen LogP) is 1.00. The number of hydrogen-bond donors (Lipinski definition) is 1. The molecule has 17 heavy (non-hydrogen) atoms. The van der Waals surface area contributed by atoms with Gasteiger partial charge in [-0.1, -0.05) is 6.92 Å². The molecule has 0 atom stereocenters. The number of ketones is 1. The van der Waals surface area contributed by atoms with E-state index in [-0.39, 0.29) is 17.9 Å². The zero-order valence-corrected chi connectivity index (χ0v) is 9.64. The van der Waals surface area contributed by atoms with E-state index < -0.39 is 5.97 Å². The zero-order chi connectivity index (χ0) is 12.7. The highest BCUT2D eigenvalue weighted by atomic mass is 16.5. The summed E-state index contributed by atoms with van der Waals surface area (Å²) in [6.07, 6.45) is 3.32. The number of hydrazone groups is 1. The van der Waals surface area contributed by atoms with Gasteiger partial charge in [0.15, 0.2) is 5.78 Å². The van der Waals surface area contributed by atoms with Crippen molar-refractivity contribution in [2.45, 2.75) is 13.3 Å². The Hall–Kier alpha value is -2.24. The van der Waals surface area contributed by atoms with Crippen molar-refractivity contribution < 1.29 is 14.3 Å². The van der Waals surface area contributed by atoms with E-state index in [1.165, 1.54) is 7.11 Å². The Kier molecular flexibility index (Phi) is 4.80. The van der Waals surface area contributed by atoms with Gasteiger partial charge in [0.2, 0.25) is 5.71 Å². The summed E-state index contributed by atoms with van der Waals surface area (Å²) in [5, 5.41) is 3.75. The number of rotatable bonds is 5. The summed E-state index contributed by atoms with van der Waals surface area (Å²) in [6.45, 7) is 1.65. The maximum absolute atomic E-state index is 11.4. The molecule has 0 bridgehead atoms. The van der Waals surface area contributed by atoms with Gasteiger partial charge in [0.05, 0.1) is 12.8 Å².